The Kier molecular flexibility index (Phi) is 11.6. The Morgan fingerprint density at radius 1 is 1.07 bits per heavy atom. The minimum absolute atomic E-state index is 0.0353. The van der Waals surface area contributed by atoms with Gasteiger partial charge in [-0.1, -0.05) is 0 Å². The normalized spacial score (nSPS) is 13.8. The first-order chi connectivity index (χ1) is 12.5. The molecule has 3 N–H and O–H groups in total. The van der Waals surface area contributed by atoms with Crippen molar-refractivity contribution < 1.29 is 45.1 Å². The molecule has 27 heavy (non-hydrogen) atoms. The third kappa shape index (κ3) is 11.3. The van der Waals surface area contributed by atoms with E-state index in [-0.39, 0.29) is 12.2 Å². The van der Waals surface area contributed by atoms with Crippen LogP contribution < -0.4 is 4.35 Å². The summed E-state index contributed by atoms with van der Waals surface area (Å²) in [5.74, 6) is 0.748. The van der Waals surface area contributed by atoms with Gasteiger partial charge in [-0.2, -0.15) is 0 Å². The van der Waals surface area contributed by atoms with Gasteiger partial charge in [0.05, 0.1) is 0 Å². The van der Waals surface area contributed by atoms with E-state index in [0.29, 0.717) is 23.0 Å². The summed E-state index contributed by atoms with van der Waals surface area (Å²) in [6.07, 6.45) is -0.0353. The van der Waals surface area contributed by atoms with E-state index in [0.717, 1.165) is 16.4 Å². The molecule has 0 amide bonds. The summed E-state index contributed by atoms with van der Waals surface area (Å²) in [6.45, 7) is 1.67. The molecule has 11 nitrogen and oxygen atoms in total. The standard InChI is InChI=1S/C10H18AsNO10S5/c1-8-10(9(12-20-8)2-6-26(14,15)16)11(23-3-4-25-22-21-13)24-5-7-27(17,18)19/h13H,2-7H2,1H3,(H,14,15,16)(H,17,18,19). The van der Waals surface area contributed by atoms with E-state index in [2.05, 4.69) is 14.5 Å². The van der Waals surface area contributed by atoms with Crippen molar-refractivity contribution in [2.75, 3.05) is 28.8 Å². The molecular weight excluding hydrogens is 529 g/mol. The Labute approximate surface area is 172 Å². The number of hydrogen-bond donors (Lipinski definition) is 3. The van der Waals surface area contributed by atoms with Crippen LogP contribution in [-0.4, -0.2) is 77.5 Å². The van der Waals surface area contributed by atoms with Gasteiger partial charge in [-0.15, -0.1) is 0 Å². The van der Waals surface area contributed by atoms with Crippen LogP contribution in [0.25, 0.3) is 0 Å². The van der Waals surface area contributed by atoms with E-state index < -0.39 is 44.1 Å². The Bertz CT molecular complexity index is 782. The number of rotatable bonds is 14. The molecule has 1 atom stereocenters. The van der Waals surface area contributed by atoms with E-state index >= 15 is 0 Å². The third-order valence-corrected chi connectivity index (χ3v) is 18.8. The molecule has 1 aromatic heterocycles. The van der Waals surface area contributed by atoms with Crippen molar-refractivity contribution in [1.82, 2.24) is 5.16 Å². The van der Waals surface area contributed by atoms with Crippen LogP contribution in [0.5, 0.6) is 0 Å². The molecular formula is C10H18AsNO10S5. The van der Waals surface area contributed by atoms with Gasteiger partial charge in [0.2, 0.25) is 0 Å². The Balaban J connectivity index is 2.87. The van der Waals surface area contributed by atoms with Gasteiger partial charge in [-0.3, -0.25) is 0 Å². The summed E-state index contributed by atoms with van der Waals surface area (Å²) in [4.78, 5) is 0. The van der Waals surface area contributed by atoms with E-state index in [1.807, 2.05) is 0 Å². The fraction of sp³-hybridized carbons (Fsp3) is 0.700. The fourth-order valence-electron chi connectivity index (χ4n) is 1.64. The van der Waals surface area contributed by atoms with Crippen LogP contribution in [0, 0.1) is 6.92 Å². The summed E-state index contributed by atoms with van der Waals surface area (Å²) >= 11 is -1.20. The molecule has 0 fully saturated rings. The van der Waals surface area contributed by atoms with Crippen molar-refractivity contribution in [3.05, 3.63) is 11.5 Å². The van der Waals surface area contributed by atoms with Crippen molar-refractivity contribution in [3.63, 3.8) is 0 Å². The first-order valence-corrected chi connectivity index (χ1v) is 18.6. The van der Waals surface area contributed by atoms with E-state index in [9.17, 15) is 16.8 Å². The maximum atomic E-state index is 11.0. The van der Waals surface area contributed by atoms with Crippen LogP contribution in [0.1, 0.15) is 11.5 Å². The van der Waals surface area contributed by atoms with Gasteiger partial charge in [-0.05, 0) is 0 Å². The topological polar surface area (TPSA) is 173 Å². The minimum atomic E-state index is -4.17. The van der Waals surface area contributed by atoms with Crippen LogP contribution in [-0.2, 0) is 36.0 Å². The number of aromatic nitrogens is 1. The zero-order chi connectivity index (χ0) is 20.5. The summed E-state index contributed by atoms with van der Waals surface area (Å²) in [5.41, 5.74) is 0.402. The quantitative estimate of drug-likeness (QED) is 0.0735. The van der Waals surface area contributed by atoms with Crippen molar-refractivity contribution in [2.45, 2.75) is 13.3 Å². The molecule has 0 radical (unpaired) electrons. The Morgan fingerprint density at radius 3 is 2.30 bits per heavy atom. The molecule has 0 aliphatic heterocycles. The van der Waals surface area contributed by atoms with E-state index in [1.54, 1.807) is 6.92 Å². The first-order valence-electron chi connectivity index (χ1n) is 7.04. The molecule has 0 spiro atoms. The predicted octanol–water partition coefficient (Wildman–Crippen LogP) is 0.532. The maximum absolute atomic E-state index is 11.0. The average molecular weight is 548 g/mol. The van der Waals surface area contributed by atoms with Gasteiger partial charge in [0.1, 0.15) is 0 Å². The monoisotopic (exact) mass is 547 g/mol. The van der Waals surface area contributed by atoms with Gasteiger partial charge in [0, 0.05) is 0 Å². The molecule has 0 aliphatic carbocycles. The number of aryl methyl sites for hydroxylation is 2. The van der Waals surface area contributed by atoms with Gasteiger partial charge >= 0.3 is 173 Å². The van der Waals surface area contributed by atoms with E-state index in [1.165, 1.54) is 20.0 Å². The van der Waals surface area contributed by atoms with Crippen molar-refractivity contribution in [3.8, 4) is 0 Å². The second kappa shape index (κ2) is 12.3. The first kappa shape index (κ1) is 25.6. The molecule has 1 heterocycles. The average Bonchev–Trinajstić information content (AvgIpc) is 2.90. The summed E-state index contributed by atoms with van der Waals surface area (Å²) in [5, 5.41) is 15.4. The Hall–Kier alpha value is 0.518. The van der Waals surface area contributed by atoms with Crippen LogP contribution in [0.3, 0.4) is 0 Å². The molecule has 0 saturated carbocycles. The van der Waals surface area contributed by atoms with Crippen LogP contribution in [0.4, 0.5) is 0 Å². The molecule has 1 unspecified atom stereocenters. The number of hydrogen-bond acceptors (Lipinski definition) is 12. The van der Waals surface area contributed by atoms with Gasteiger partial charge in [0.15, 0.2) is 0 Å². The van der Waals surface area contributed by atoms with Crippen molar-refractivity contribution in [1.29, 1.82) is 0 Å². The molecule has 17 heteroatoms. The molecule has 1 aromatic rings. The zero-order valence-electron chi connectivity index (χ0n) is 13.9. The summed E-state index contributed by atoms with van der Waals surface area (Å²) < 4.78 is 71.9. The molecule has 158 valence electrons. The molecule has 0 aromatic carbocycles. The second-order valence-corrected chi connectivity index (χ2v) is 20.3. The third-order valence-electron chi connectivity index (χ3n) is 2.68. The Morgan fingerprint density at radius 2 is 1.70 bits per heavy atom. The summed E-state index contributed by atoms with van der Waals surface area (Å²) in [6, 6.07) is 0. The second-order valence-electron chi connectivity index (χ2n) is 4.74. The molecule has 0 aliphatic rings. The van der Waals surface area contributed by atoms with Gasteiger partial charge in [0.25, 0.3) is 0 Å². The van der Waals surface area contributed by atoms with Crippen LogP contribution in [0.15, 0.2) is 4.52 Å². The van der Waals surface area contributed by atoms with Crippen LogP contribution >= 0.6 is 32.1 Å². The zero-order valence-corrected chi connectivity index (χ0v) is 19.8. The summed E-state index contributed by atoms with van der Waals surface area (Å²) in [7, 11) is -5.38. The predicted molar refractivity (Wildman–Crippen MR) is 105 cm³/mol. The molecule has 0 saturated heterocycles. The van der Waals surface area contributed by atoms with Gasteiger partial charge < -0.3 is 0 Å². The van der Waals surface area contributed by atoms with Crippen molar-refractivity contribution >= 4 is 69.0 Å². The molecule has 0 bridgehead atoms. The number of nitrogens with zero attached hydrogens (tertiary/aromatic N) is 1. The fourth-order valence-corrected chi connectivity index (χ4v) is 18.9. The van der Waals surface area contributed by atoms with Crippen LogP contribution in [0.2, 0.25) is 0 Å². The van der Waals surface area contributed by atoms with Gasteiger partial charge in [-0.25, -0.2) is 0 Å². The van der Waals surface area contributed by atoms with Crippen molar-refractivity contribution in [2.24, 2.45) is 0 Å². The van der Waals surface area contributed by atoms with E-state index in [4.69, 9.17) is 18.9 Å². The SMILES string of the molecule is Cc1onc(CCS(=O)(=O)O)c1[As](SCCSOOO)SCCS(=O)(=O)O. The molecule has 1 rings (SSSR count).